The summed E-state index contributed by atoms with van der Waals surface area (Å²) in [7, 11) is 0.660. The van der Waals surface area contributed by atoms with Crippen molar-refractivity contribution in [1.29, 1.82) is 5.26 Å². The summed E-state index contributed by atoms with van der Waals surface area (Å²) >= 11 is 0. The Morgan fingerprint density at radius 1 is 1.47 bits per heavy atom. The first-order valence-electron chi connectivity index (χ1n) is 3.54. The summed E-state index contributed by atoms with van der Waals surface area (Å²) < 4.78 is 35.1. The van der Waals surface area contributed by atoms with Gasteiger partial charge in [0.2, 0.25) is 0 Å². The number of hydrogen-bond donors (Lipinski definition) is 0. The zero-order chi connectivity index (χ0) is 11.6. The molecule has 7 heteroatoms. The predicted molar refractivity (Wildman–Crippen MR) is 49.5 cm³/mol. The zero-order valence-corrected chi connectivity index (χ0v) is 8.64. The molecule has 0 radical (unpaired) electrons. The van der Waals surface area contributed by atoms with Crippen molar-refractivity contribution in [2.24, 2.45) is 0 Å². The second kappa shape index (κ2) is 3.96. The highest BCUT2D eigenvalue weighted by atomic mass is 35.7. The molecule has 0 aliphatic heterocycles. The zero-order valence-electron chi connectivity index (χ0n) is 7.07. The number of rotatable bonds is 2. The van der Waals surface area contributed by atoms with E-state index in [0.717, 1.165) is 12.1 Å². The number of hydrogen-bond acceptors (Lipinski definition) is 4. The van der Waals surface area contributed by atoms with Crippen molar-refractivity contribution in [2.75, 3.05) is 0 Å². The molecule has 1 aromatic carbocycles. The number of nitrogens with zero attached hydrogens (tertiary/aromatic N) is 1. The van der Waals surface area contributed by atoms with Gasteiger partial charge >= 0.3 is 0 Å². The lowest BCUT2D eigenvalue weighted by atomic mass is 10.1. The first kappa shape index (κ1) is 11.6. The van der Waals surface area contributed by atoms with Gasteiger partial charge in [0.25, 0.3) is 9.05 Å². The van der Waals surface area contributed by atoms with E-state index < -0.39 is 25.3 Å². The van der Waals surface area contributed by atoms with Crippen molar-refractivity contribution in [3.8, 4) is 6.07 Å². The Bertz CT molecular complexity index is 562. The van der Waals surface area contributed by atoms with Crippen molar-refractivity contribution in [2.45, 2.75) is 4.90 Å². The van der Waals surface area contributed by atoms with E-state index in [-0.39, 0.29) is 11.8 Å². The third-order valence-corrected chi connectivity index (χ3v) is 2.98. The van der Waals surface area contributed by atoms with E-state index in [1.807, 2.05) is 0 Å². The molecule has 0 N–H and O–H groups in total. The second-order valence-corrected chi connectivity index (χ2v) is 5.04. The van der Waals surface area contributed by atoms with Gasteiger partial charge in [-0.05, 0) is 12.1 Å². The smallest absolute Gasteiger partial charge is 0.264 e. The van der Waals surface area contributed by atoms with E-state index in [1.54, 1.807) is 6.07 Å². The molecule has 78 valence electrons. The summed E-state index contributed by atoms with van der Waals surface area (Å²) in [5.41, 5.74) is -0.856. The lowest BCUT2D eigenvalue weighted by Crippen LogP contribution is -2.01. The topological polar surface area (TPSA) is 75.0 Å². The first-order chi connectivity index (χ1) is 6.91. The standard InChI is InChI=1S/C8H3ClFNO3S/c9-15(13,14)7-2-1-5(3-11)6(4-12)8(7)10/h1-2,4H. The quantitative estimate of drug-likeness (QED) is 0.585. The van der Waals surface area contributed by atoms with Crippen LogP contribution < -0.4 is 0 Å². The summed E-state index contributed by atoms with van der Waals surface area (Å²) in [5.74, 6) is -1.31. The maximum atomic E-state index is 13.4. The van der Waals surface area contributed by atoms with Crippen LogP contribution in [0.2, 0.25) is 0 Å². The lowest BCUT2D eigenvalue weighted by molar-refractivity contribution is 0.111. The summed E-state index contributed by atoms with van der Waals surface area (Å²) in [5, 5.41) is 8.51. The highest BCUT2D eigenvalue weighted by Crippen LogP contribution is 2.23. The van der Waals surface area contributed by atoms with Gasteiger partial charge in [-0.3, -0.25) is 4.79 Å². The molecule has 0 aliphatic rings. The average Bonchev–Trinajstić information content (AvgIpc) is 2.15. The average molecular weight is 248 g/mol. The van der Waals surface area contributed by atoms with Gasteiger partial charge in [-0.2, -0.15) is 5.26 Å². The minimum absolute atomic E-state index is 0.0689. The molecule has 0 heterocycles. The van der Waals surface area contributed by atoms with E-state index in [2.05, 4.69) is 0 Å². The van der Waals surface area contributed by atoms with Crippen LogP contribution >= 0.6 is 10.7 Å². The molecule has 0 saturated heterocycles. The number of carbonyl (C=O) groups excluding carboxylic acids is 1. The number of aldehydes is 1. The van der Waals surface area contributed by atoms with Gasteiger partial charge in [0.1, 0.15) is 4.90 Å². The Labute approximate surface area is 89.3 Å². The predicted octanol–water partition coefficient (Wildman–Crippen LogP) is 1.44. The Morgan fingerprint density at radius 2 is 2.07 bits per heavy atom. The normalized spacial score (nSPS) is 10.7. The van der Waals surface area contributed by atoms with Crippen LogP contribution in [0.1, 0.15) is 15.9 Å². The van der Waals surface area contributed by atoms with E-state index in [1.165, 1.54) is 0 Å². The van der Waals surface area contributed by atoms with E-state index in [0.29, 0.717) is 0 Å². The molecule has 0 aromatic heterocycles. The molecule has 0 aliphatic carbocycles. The summed E-state index contributed by atoms with van der Waals surface area (Å²) in [6, 6.07) is 3.41. The number of carbonyl (C=O) groups is 1. The third-order valence-electron chi connectivity index (χ3n) is 1.65. The first-order valence-corrected chi connectivity index (χ1v) is 5.85. The van der Waals surface area contributed by atoms with Crippen molar-refractivity contribution in [3.63, 3.8) is 0 Å². The molecule has 0 atom stereocenters. The van der Waals surface area contributed by atoms with Gasteiger partial charge < -0.3 is 0 Å². The molecule has 1 rings (SSSR count). The molecular formula is C8H3ClFNO3S. The molecule has 0 unspecified atom stereocenters. The van der Waals surface area contributed by atoms with Crippen molar-refractivity contribution >= 4 is 26.0 Å². The van der Waals surface area contributed by atoms with Gasteiger partial charge in [-0.15, -0.1) is 0 Å². The SMILES string of the molecule is N#Cc1ccc(S(=O)(=O)Cl)c(F)c1C=O. The van der Waals surface area contributed by atoms with Crippen LogP contribution in [0, 0.1) is 17.1 Å². The molecule has 1 aromatic rings. The minimum atomic E-state index is -4.26. The second-order valence-electron chi connectivity index (χ2n) is 2.51. The van der Waals surface area contributed by atoms with Gasteiger partial charge in [-0.1, -0.05) is 0 Å². The number of nitriles is 1. The van der Waals surface area contributed by atoms with Crippen LogP contribution in [0.25, 0.3) is 0 Å². The fourth-order valence-corrected chi connectivity index (χ4v) is 1.89. The Balaban J connectivity index is 3.66. The van der Waals surface area contributed by atoms with Gasteiger partial charge in [0.15, 0.2) is 12.1 Å². The van der Waals surface area contributed by atoms with E-state index in [9.17, 15) is 17.6 Å². The number of benzene rings is 1. The molecule has 0 fully saturated rings. The largest absolute Gasteiger partial charge is 0.298 e. The van der Waals surface area contributed by atoms with Crippen LogP contribution in [0.3, 0.4) is 0 Å². The molecular weight excluding hydrogens is 245 g/mol. The fourth-order valence-electron chi connectivity index (χ4n) is 0.974. The van der Waals surface area contributed by atoms with Crippen molar-refractivity contribution in [3.05, 3.63) is 29.1 Å². The van der Waals surface area contributed by atoms with Crippen LogP contribution in [0.4, 0.5) is 4.39 Å². The van der Waals surface area contributed by atoms with Crippen LogP contribution in [-0.2, 0) is 9.05 Å². The maximum Gasteiger partial charge on any atom is 0.264 e. The van der Waals surface area contributed by atoms with Crippen molar-refractivity contribution in [1.82, 2.24) is 0 Å². The highest BCUT2D eigenvalue weighted by molar-refractivity contribution is 8.13. The van der Waals surface area contributed by atoms with Gasteiger partial charge in [0, 0.05) is 10.7 Å². The van der Waals surface area contributed by atoms with Gasteiger partial charge in [0.05, 0.1) is 17.2 Å². The highest BCUT2D eigenvalue weighted by Gasteiger charge is 2.21. The van der Waals surface area contributed by atoms with E-state index in [4.69, 9.17) is 15.9 Å². The Hall–Kier alpha value is -1.45. The van der Waals surface area contributed by atoms with Crippen LogP contribution in [-0.4, -0.2) is 14.7 Å². The number of halogens is 2. The molecule has 4 nitrogen and oxygen atoms in total. The molecule has 0 amide bonds. The maximum absolute atomic E-state index is 13.4. The minimum Gasteiger partial charge on any atom is -0.298 e. The summed E-state index contributed by atoms with van der Waals surface area (Å²) in [6.07, 6.45) is 0.0689. The molecule has 0 saturated carbocycles. The van der Waals surface area contributed by atoms with Crippen LogP contribution in [0.15, 0.2) is 17.0 Å². The summed E-state index contributed by atoms with van der Waals surface area (Å²) in [4.78, 5) is 9.64. The molecule has 0 spiro atoms. The Kier molecular flexibility index (Phi) is 3.07. The molecule has 0 bridgehead atoms. The summed E-state index contributed by atoms with van der Waals surface area (Å²) in [6.45, 7) is 0. The van der Waals surface area contributed by atoms with Gasteiger partial charge in [-0.25, -0.2) is 12.8 Å². The fraction of sp³-hybridized carbons (Fsp3) is 0. The third kappa shape index (κ3) is 2.14. The van der Waals surface area contributed by atoms with Crippen LogP contribution in [0.5, 0.6) is 0 Å². The Morgan fingerprint density at radius 3 is 2.47 bits per heavy atom. The monoisotopic (exact) mass is 247 g/mol. The van der Waals surface area contributed by atoms with Crippen molar-refractivity contribution < 1.29 is 17.6 Å². The lowest BCUT2D eigenvalue weighted by Gasteiger charge is -2.02. The molecule has 15 heavy (non-hydrogen) atoms. The van der Waals surface area contributed by atoms with E-state index >= 15 is 0 Å².